The standard InChI is InChI=1S/C16H28N2OS/c1-3-9-17-11-14-7-8-15(19-14)12-18(4-2)13-16-6-5-10-20-16/h5-6,10,14-15,17H,3-4,7-9,11-13H2,1-2H3. The Bertz CT molecular complexity index is 355. The van der Waals surface area contributed by atoms with Crippen molar-refractivity contribution in [1.82, 2.24) is 10.2 Å². The Morgan fingerprint density at radius 2 is 2.20 bits per heavy atom. The minimum atomic E-state index is 0.420. The van der Waals surface area contributed by atoms with Crippen LogP contribution in [-0.2, 0) is 11.3 Å². The van der Waals surface area contributed by atoms with E-state index in [0.29, 0.717) is 12.2 Å². The number of nitrogens with zero attached hydrogens (tertiary/aromatic N) is 1. The van der Waals surface area contributed by atoms with E-state index in [1.165, 1.54) is 24.1 Å². The van der Waals surface area contributed by atoms with Gasteiger partial charge in [0.2, 0.25) is 0 Å². The third-order valence-electron chi connectivity index (χ3n) is 3.86. The van der Waals surface area contributed by atoms with Gasteiger partial charge in [-0.05, 0) is 43.8 Å². The molecule has 0 spiro atoms. The van der Waals surface area contributed by atoms with Crippen LogP contribution in [-0.4, -0.2) is 43.3 Å². The highest BCUT2D eigenvalue weighted by molar-refractivity contribution is 7.09. The van der Waals surface area contributed by atoms with Gasteiger partial charge in [-0.25, -0.2) is 0 Å². The van der Waals surface area contributed by atoms with Crippen LogP contribution in [0.2, 0.25) is 0 Å². The Kier molecular flexibility index (Phi) is 7.00. The molecule has 1 aromatic rings. The highest BCUT2D eigenvalue weighted by atomic mass is 32.1. The molecule has 2 unspecified atom stereocenters. The van der Waals surface area contributed by atoms with Gasteiger partial charge in [-0.15, -0.1) is 11.3 Å². The number of likely N-dealkylation sites (N-methyl/N-ethyl adjacent to an activating group) is 1. The van der Waals surface area contributed by atoms with Crippen molar-refractivity contribution >= 4 is 11.3 Å². The molecule has 2 rings (SSSR count). The van der Waals surface area contributed by atoms with Gasteiger partial charge in [0.1, 0.15) is 0 Å². The van der Waals surface area contributed by atoms with Gasteiger partial charge < -0.3 is 10.1 Å². The number of ether oxygens (including phenoxy) is 1. The smallest absolute Gasteiger partial charge is 0.0707 e. The first-order chi connectivity index (χ1) is 9.81. The van der Waals surface area contributed by atoms with E-state index >= 15 is 0 Å². The second-order valence-corrected chi connectivity index (χ2v) is 6.60. The van der Waals surface area contributed by atoms with Crippen LogP contribution in [0.25, 0.3) is 0 Å². The van der Waals surface area contributed by atoms with E-state index < -0.39 is 0 Å². The molecular weight excluding hydrogens is 268 g/mol. The van der Waals surface area contributed by atoms with Gasteiger partial charge in [-0.1, -0.05) is 19.9 Å². The highest BCUT2D eigenvalue weighted by Gasteiger charge is 2.26. The molecule has 1 aliphatic heterocycles. The molecule has 1 aromatic heterocycles. The fraction of sp³-hybridized carbons (Fsp3) is 0.750. The van der Waals surface area contributed by atoms with Gasteiger partial charge in [-0.3, -0.25) is 4.90 Å². The molecule has 1 aliphatic rings. The van der Waals surface area contributed by atoms with Crippen LogP contribution >= 0.6 is 11.3 Å². The summed E-state index contributed by atoms with van der Waals surface area (Å²) in [5.41, 5.74) is 0. The molecular formula is C16H28N2OS. The van der Waals surface area contributed by atoms with Gasteiger partial charge in [-0.2, -0.15) is 0 Å². The molecule has 3 nitrogen and oxygen atoms in total. The molecule has 2 heterocycles. The average Bonchev–Trinajstić information content (AvgIpc) is 3.10. The fourth-order valence-electron chi connectivity index (χ4n) is 2.72. The third-order valence-corrected chi connectivity index (χ3v) is 4.72. The number of rotatable bonds is 9. The predicted octanol–water partition coefficient (Wildman–Crippen LogP) is 3.12. The first kappa shape index (κ1) is 16.0. The number of nitrogens with one attached hydrogen (secondary N) is 1. The predicted molar refractivity (Wildman–Crippen MR) is 86.3 cm³/mol. The topological polar surface area (TPSA) is 24.5 Å². The minimum Gasteiger partial charge on any atom is -0.372 e. The van der Waals surface area contributed by atoms with E-state index in [1.54, 1.807) is 0 Å². The fourth-order valence-corrected chi connectivity index (χ4v) is 3.47. The van der Waals surface area contributed by atoms with Crippen LogP contribution in [0.5, 0.6) is 0 Å². The van der Waals surface area contributed by atoms with Gasteiger partial charge in [0.25, 0.3) is 0 Å². The lowest BCUT2D eigenvalue weighted by atomic mass is 10.2. The van der Waals surface area contributed by atoms with Gasteiger partial charge >= 0.3 is 0 Å². The molecule has 4 heteroatoms. The SMILES string of the molecule is CCCNCC1CCC(CN(CC)Cc2cccs2)O1. The zero-order valence-electron chi connectivity index (χ0n) is 12.8. The van der Waals surface area contributed by atoms with Crippen LogP contribution in [0.15, 0.2) is 17.5 Å². The molecule has 0 aromatic carbocycles. The lowest BCUT2D eigenvalue weighted by Gasteiger charge is -2.23. The van der Waals surface area contributed by atoms with E-state index in [2.05, 4.69) is 41.6 Å². The lowest BCUT2D eigenvalue weighted by Crippen LogP contribution is -2.33. The summed E-state index contributed by atoms with van der Waals surface area (Å²) in [4.78, 5) is 3.95. The van der Waals surface area contributed by atoms with Crippen molar-refractivity contribution in [3.8, 4) is 0 Å². The molecule has 1 N–H and O–H groups in total. The number of hydrogen-bond acceptors (Lipinski definition) is 4. The lowest BCUT2D eigenvalue weighted by molar-refractivity contribution is 0.0231. The first-order valence-corrected chi connectivity index (χ1v) is 8.80. The number of thiophene rings is 1. The van der Waals surface area contributed by atoms with E-state index in [1.807, 2.05) is 11.3 Å². The van der Waals surface area contributed by atoms with E-state index in [9.17, 15) is 0 Å². The van der Waals surface area contributed by atoms with E-state index in [4.69, 9.17) is 4.74 Å². The van der Waals surface area contributed by atoms with Crippen LogP contribution in [0.1, 0.15) is 38.0 Å². The Labute approximate surface area is 127 Å². The molecule has 0 radical (unpaired) electrons. The van der Waals surface area contributed by atoms with Crippen molar-refractivity contribution in [2.24, 2.45) is 0 Å². The van der Waals surface area contributed by atoms with E-state index in [-0.39, 0.29) is 0 Å². The normalized spacial score (nSPS) is 22.8. The molecule has 0 amide bonds. The van der Waals surface area contributed by atoms with Crippen molar-refractivity contribution in [2.45, 2.75) is 51.9 Å². The van der Waals surface area contributed by atoms with Crippen LogP contribution in [0.4, 0.5) is 0 Å². The van der Waals surface area contributed by atoms with Crippen molar-refractivity contribution in [1.29, 1.82) is 0 Å². The average molecular weight is 296 g/mol. The molecule has 1 saturated heterocycles. The molecule has 0 aliphatic carbocycles. The maximum Gasteiger partial charge on any atom is 0.0707 e. The van der Waals surface area contributed by atoms with Gasteiger partial charge in [0.15, 0.2) is 0 Å². The summed E-state index contributed by atoms with van der Waals surface area (Å²) < 4.78 is 6.16. The molecule has 2 atom stereocenters. The Morgan fingerprint density at radius 1 is 1.35 bits per heavy atom. The zero-order valence-corrected chi connectivity index (χ0v) is 13.6. The maximum atomic E-state index is 6.16. The number of hydrogen-bond donors (Lipinski definition) is 1. The summed E-state index contributed by atoms with van der Waals surface area (Å²) in [5.74, 6) is 0. The van der Waals surface area contributed by atoms with Crippen LogP contribution < -0.4 is 5.32 Å². The maximum absolute atomic E-state index is 6.16. The molecule has 20 heavy (non-hydrogen) atoms. The Balaban J connectivity index is 1.69. The zero-order chi connectivity index (χ0) is 14.2. The van der Waals surface area contributed by atoms with Crippen molar-refractivity contribution in [3.63, 3.8) is 0 Å². The first-order valence-electron chi connectivity index (χ1n) is 7.92. The van der Waals surface area contributed by atoms with E-state index in [0.717, 1.165) is 32.7 Å². The highest BCUT2D eigenvalue weighted by Crippen LogP contribution is 2.21. The largest absolute Gasteiger partial charge is 0.372 e. The monoisotopic (exact) mass is 296 g/mol. The third kappa shape index (κ3) is 5.17. The Hall–Kier alpha value is -0.420. The second kappa shape index (κ2) is 8.78. The van der Waals surface area contributed by atoms with Crippen molar-refractivity contribution in [2.75, 3.05) is 26.2 Å². The van der Waals surface area contributed by atoms with Crippen molar-refractivity contribution in [3.05, 3.63) is 22.4 Å². The summed E-state index contributed by atoms with van der Waals surface area (Å²) >= 11 is 1.85. The quantitative estimate of drug-likeness (QED) is 0.709. The van der Waals surface area contributed by atoms with Crippen LogP contribution in [0, 0.1) is 0 Å². The summed E-state index contributed by atoms with van der Waals surface area (Å²) in [6, 6.07) is 4.36. The van der Waals surface area contributed by atoms with Gasteiger partial charge in [0, 0.05) is 24.5 Å². The molecule has 0 saturated carbocycles. The Morgan fingerprint density at radius 3 is 2.90 bits per heavy atom. The molecule has 1 fully saturated rings. The van der Waals surface area contributed by atoms with Crippen molar-refractivity contribution < 1.29 is 4.74 Å². The van der Waals surface area contributed by atoms with Crippen LogP contribution in [0.3, 0.4) is 0 Å². The minimum absolute atomic E-state index is 0.420. The summed E-state index contributed by atoms with van der Waals surface area (Å²) in [5, 5.41) is 5.62. The molecule has 0 bridgehead atoms. The summed E-state index contributed by atoms with van der Waals surface area (Å²) in [7, 11) is 0. The van der Waals surface area contributed by atoms with Gasteiger partial charge in [0.05, 0.1) is 12.2 Å². The summed E-state index contributed by atoms with van der Waals surface area (Å²) in [6.07, 6.45) is 4.45. The molecule has 114 valence electrons. The summed E-state index contributed by atoms with van der Waals surface area (Å²) in [6.45, 7) is 9.78. The second-order valence-electron chi connectivity index (χ2n) is 5.57.